The van der Waals surface area contributed by atoms with E-state index in [2.05, 4.69) is 22.4 Å². The van der Waals surface area contributed by atoms with Gasteiger partial charge in [-0.2, -0.15) is 4.98 Å². The zero-order chi connectivity index (χ0) is 13.3. The first-order valence-electron chi connectivity index (χ1n) is 7.44. The van der Waals surface area contributed by atoms with E-state index in [-0.39, 0.29) is 5.60 Å². The van der Waals surface area contributed by atoms with Gasteiger partial charge in [-0.25, -0.2) is 0 Å². The van der Waals surface area contributed by atoms with Gasteiger partial charge in [-0.1, -0.05) is 12.1 Å². The second-order valence-corrected chi connectivity index (χ2v) is 5.83. The van der Waals surface area contributed by atoms with E-state index in [1.54, 1.807) is 0 Å². The first-order valence-corrected chi connectivity index (χ1v) is 7.44. The highest BCUT2D eigenvalue weighted by atomic mass is 16.5. The lowest BCUT2D eigenvalue weighted by Gasteiger charge is -2.24. The molecular weight excluding hydrogens is 242 g/mol. The van der Waals surface area contributed by atoms with Crippen LogP contribution in [-0.2, 0) is 10.3 Å². The predicted octanol–water partition coefficient (Wildman–Crippen LogP) is 2.20. The van der Waals surface area contributed by atoms with Crippen LogP contribution in [0.3, 0.4) is 0 Å². The van der Waals surface area contributed by atoms with E-state index in [0.717, 1.165) is 37.6 Å². The van der Waals surface area contributed by atoms with Gasteiger partial charge in [0.05, 0.1) is 5.92 Å². The highest BCUT2D eigenvalue weighted by Gasteiger charge is 2.42. The lowest BCUT2D eigenvalue weighted by Crippen LogP contribution is -2.27. The Kier molecular flexibility index (Phi) is 3.58. The quantitative estimate of drug-likeness (QED) is 0.904. The van der Waals surface area contributed by atoms with Gasteiger partial charge in [-0.05, 0) is 45.1 Å². The van der Waals surface area contributed by atoms with Crippen LogP contribution >= 0.6 is 0 Å². The highest BCUT2D eigenvalue weighted by Crippen LogP contribution is 2.41. The van der Waals surface area contributed by atoms with Crippen LogP contribution in [0.25, 0.3) is 0 Å². The molecule has 3 rings (SSSR count). The van der Waals surface area contributed by atoms with Gasteiger partial charge in [-0.15, -0.1) is 0 Å². The van der Waals surface area contributed by atoms with E-state index < -0.39 is 0 Å². The molecule has 2 atom stereocenters. The molecule has 1 aromatic rings. The summed E-state index contributed by atoms with van der Waals surface area (Å²) in [6.45, 7) is 6.92. The summed E-state index contributed by atoms with van der Waals surface area (Å²) >= 11 is 0. The van der Waals surface area contributed by atoms with Crippen molar-refractivity contribution < 1.29 is 9.26 Å². The van der Waals surface area contributed by atoms with Crippen molar-refractivity contribution in [1.29, 1.82) is 0 Å². The zero-order valence-corrected chi connectivity index (χ0v) is 11.8. The molecule has 1 saturated carbocycles. The van der Waals surface area contributed by atoms with Crippen molar-refractivity contribution in [3.63, 3.8) is 0 Å². The molecule has 0 amide bonds. The van der Waals surface area contributed by atoms with E-state index in [1.807, 2.05) is 6.92 Å². The summed E-state index contributed by atoms with van der Waals surface area (Å²) in [4.78, 5) is 4.67. The maximum Gasteiger partial charge on any atom is 0.231 e. The lowest BCUT2D eigenvalue weighted by molar-refractivity contribution is -0.0469. The van der Waals surface area contributed by atoms with Crippen LogP contribution in [0, 0.1) is 5.92 Å². The number of ether oxygens (including phenoxy) is 1. The summed E-state index contributed by atoms with van der Waals surface area (Å²) in [5.41, 5.74) is -0.286. The predicted molar refractivity (Wildman–Crippen MR) is 70.8 cm³/mol. The molecule has 0 aromatic carbocycles. The molecule has 1 N–H and O–H groups in total. The van der Waals surface area contributed by atoms with Gasteiger partial charge < -0.3 is 14.6 Å². The fourth-order valence-corrected chi connectivity index (χ4v) is 3.37. The maximum atomic E-state index is 5.98. The molecule has 1 aromatic heterocycles. The second kappa shape index (κ2) is 5.21. The van der Waals surface area contributed by atoms with Crippen molar-refractivity contribution in [2.24, 2.45) is 5.92 Å². The second-order valence-electron chi connectivity index (χ2n) is 5.83. The molecule has 0 bridgehead atoms. The number of nitrogens with zero attached hydrogens (tertiary/aromatic N) is 2. The van der Waals surface area contributed by atoms with Crippen molar-refractivity contribution in [2.75, 3.05) is 19.7 Å². The van der Waals surface area contributed by atoms with E-state index in [9.17, 15) is 0 Å². The number of hydrogen-bond acceptors (Lipinski definition) is 5. The Balaban J connectivity index is 1.83. The normalized spacial score (nSPS) is 30.0. The smallest absolute Gasteiger partial charge is 0.231 e. The molecule has 0 radical (unpaired) electrons. The molecule has 0 spiro atoms. The Morgan fingerprint density at radius 1 is 1.37 bits per heavy atom. The number of rotatable bonds is 4. The van der Waals surface area contributed by atoms with Crippen LogP contribution in [0.2, 0.25) is 0 Å². The molecule has 1 aliphatic heterocycles. The monoisotopic (exact) mass is 265 g/mol. The fraction of sp³-hybridized carbons (Fsp3) is 0.857. The third-order valence-electron chi connectivity index (χ3n) is 4.52. The molecule has 5 heteroatoms. The Hall–Kier alpha value is -0.940. The number of nitrogens with one attached hydrogen (secondary N) is 1. The average molecular weight is 265 g/mol. The largest absolute Gasteiger partial charge is 0.367 e. The zero-order valence-electron chi connectivity index (χ0n) is 11.8. The highest BCUT2D eigenvalue weighted by molar-refractivity contribution is 5.08. The minimum atomic E-state index is -0.286. The standard InChI is InChI=1S/C14H23N3O2/c1-3-18-14(6-4-5-7-14)13-16-12(19-17-13)11-9-15-8-10(11)2/h10-11,15H,3-9H2,1-2H3/t10-,11-/m1/s1. The maximum absolute atomic E-state index is 5.98. The fourth-order valence-electron chi connectivity index (χ4n) is 3.37. The van der Waals surface area contributed by atoms with Gasteiger partial charge in [-0.3, -0.25) is 0 Å². The molecule has 0 unspecified atom stereocenters. The van der Waals surface area contributed by atoms with Gasteiger partial charge in [0.25, 0.3) is 0 Å². The van der Waals surface area contributed by atoms with Crippen molar-refractivity contribution in [3.8, 4) is 0 Å². The molecule has 2 aliphatic rings. The summed E-state index contributed by atoms with van der Waals surface area (Å²) in [6.07, 6.45) is 4.40. The van der Waals surface area contributed by atoms with Crippen molar-refractivity contribution in [2.45, 2.75) is 51.0 Å². The Morgan fingerprint density at radius 2 is 2.16 bits per heavy atom. The van der Waals surface area contributed by atoms with Crippen LogP contribution in [0.4, 0.5) is 0 Å². The molecule has 19 heavy (non-hydrogen) atoms. The molecular formula is C14H23N3O2. The van der Waals surface area contributed by atoms with E-state index in [4.69, 9.17) is 9.26 Å². The summed E-state index contributed by atoms with van der Waals surface area (Å²) in [7, 11) is 0. The van der Waals surface area contributed by atoms with Crippen molar-refractivity contribution >= 4 is 0 Å². The Bertz CT molecular complexity index is 426. The molecule has 2 fully saturated rings. The molecule has 1 saturated heterocycles. The van der Waals surface area contributed by atoms with Crippen LogP contribution in [-0.4, -0.2) is 29.8 Å². The molecule has 5 nitrogen and oxygen atoms in total. The lowest BCUT2D eigenvalue weighted by atomic mass is 9.97. The third-order valence-corrected chi connectivity index (χ3v) is 4.52. The van der Waals surface area contributed by atoms with Crippen molar-refractivity contribution in [1.82, 2.24) is 15.5 Å². The topological polar surface area (TPSA) is 60.2 Å². The van der Waals surface area contributed by atoms with E-state index >= 15 is 0 Å². The minimum absolute atomic E-state index is 0.286. The van der Waals surface area contributed by atoms with Crippen molar-refractivity contribution in [3.05, 3.63) is 11.7 Å². The molecule has 2 heterocycles. The van der Waals surface area contributed by atoms with Gasteiger partial charge in [0.2, 0.25) is 11.7 Å². The summed E-state index contributed by atoms with van der Waals surface area (Å²) in [5.74, 6) is 2.45. The summed E-state index contributed by atoms with van der Waals surface area (Å²) < 4.78 is 11.5. The molecule has 106 valence electrons. The minimum Gasteiger partial charge on any atom is -0.367 e. The summed E-state index contributed by atoms with van der Waals surface area (Å²) in [5, 5.41) is 7.60. The number of hydrogen-bond donors (Lipinski definition) is 1. The average Bonchev–Trinajstić information content (AvgIpc) is 3.08. The third kappa shape index (κ3) is 2.30. The van der Waals surface area contributed by atoms with E-state index in [0.29, 0.717) is 18.4 Å². The van der Waals surface area contributed by atoms with Gasteiger partial charge in [0.15, 0.2) is 0 Å². The first kappa shape index (κ1) is 13.1. The van der Waals surface area contributed by atoms with Gasteiger partial charge in [0, 0.05) is 13.2 Å². The Labute approximate surface area is 114 Å². The van der Waals surface area contributed by atoms with Crippen LogP contribution < -0.4 is 5.32 Å². The summed E-state index contributed by atoms with van der Waals surface area (Å²) in [6, 6.07) is 0. The number of aromatic nitrogens is 2. The van der Waals surface area contributed by atoms with Crippen LogP contribution in [0.1, 0.15) is 57.2 Å². The van der Waals surface area contributed by atoms with Gasteiger partial charge >= 0.3 is 0 Å². The molecule has 1 aliphatic carbocycles. The Morgan fingerprint density at radius 3 is 2.79 bits per heavy atom. The van der Waals surface area contributed by atoms with Gasteiger partial charge in [0.1, 0.15) is 5.60 Å². The first-order chi connectivity index (χ1) is 9.25. The van der Waals surface area contributed by atoms with Crippen LogP contribution in [0.15, 0.2) is 4.52 Å². The van der Waals surface area contributed by atoms with Crippen LogP contribution in [0.5, 0.6) is 0 Å². The van der Waals surface area contributed by atoms with E-state index in [1.165, 1.54) is 12.8 Å². The SMILES string of the molecule is CCOC1(c2noc([C@@H]3CNC[C@H]3C)n2)CCCC1.